The van der Waals surface area contributed by atoms with Crippen molar-refractivity contribution in [1.29, 1.82) is 0 Å². The zero-order valence-corrected chi connectivity index (χ0v) is 13.6. The van der Waals surface area contributed by atoms with Gasteiger partial charge in [0.05, 0.1) is 10.9 Å². The van der Waals surface area contributed by atoms with E-state index in [0.29, 0.717) is 5.25 Å². The average molecular weight is 314 g/mol. The number of hydrogen-bond donors (Lipinski definition) is 1. The summed E-state index contributed by atoms with van der Waals surface area (Å²) in [6.45, 7) is 3.19. The molecule has 0 aromatic carbocycles. The molecule has 1 aromatic heterocycles. The van der Waals surface area contributed by atoms with Gasteiger partial charge in [-0.05, 0) is 6.42 Å². The molecule has 0 spiro atoms. The van der Waals surface area contributed by atoms with E-state index in [4.69, 9.17) is 9.97 Å². The van der Waals surface area contributed by atoms with Crippen molar-refractivity contribution in [2.45, 2.75) is 30.1 Å². The van der Waals surface area contributed by atoms with E-state index in [1.54, 1.807) is 0 Å². The Kier molecular flexibility index (Phi) is 4.82. The van der Waals surface area contributed by atoms with Gasteiger partial charge < -0.3 is 5.32 Å². The van der Waals surface area contributed by atoms with Gasteiger partial charge >= 0.3 is 0 Å². The van der Waals surface area contributed by atoms with Crippen LogP contribution in [0.1, 0.15) is 35.7 Å². The third-order valence-corrected chi connectivity index (χ3v) is 6.96. The summed E-state index contributed by atoms with van der Waals surface area (Å²) in [7, 11) is 0. The largest absolute Gasteiger partial charge is 0.370 e. The molecule has 2 aliphatic heterocycles. The van der Waals surface area contributed by atoms with Crippen LogP contribution < -0.4 is 5.32 Å². The predicted molar refractivity (Wildman–Crippen MR) is 88.3 cm³/mol. The van der Waals surface area contributed by atoms with Crippen molar-refractivity contribution in [2.75, 3.05) is 29.1 Å². The van der Waals surface area contributed by atoms with Crippen molar-refractivity contribution < 1.29 is 0 Å². The lowest BCUT2D eigenvalue weighted by atomic mass is 10.2. The van der Waals surface area contributed by atoms with E-state index in [9.17, 15) is 0 Å². The Hall–Kier alpha value is -0.0700. The summed E-state index contributed by atoms with van der Waals surface area (Å²) >= 11 is 5.99. The Morgan fingerprint density at radius 1 is 1.21 bits per heavy atom. The van der Waals surface area contributed by atoms with Gasteiger partial charge in [0.15, 0.2) is 0 Å². The zero-order chi connectivity index (χ0) is 13.1. The minimum absolute atomic E-state index is 0.483. The molecule has 1 unspecified atom stereocenters. The molecular formula is C13H19N3S3. The number of nitrogens with one attached hydrogen (secondary N) is 1. The van der Waals surface area contributed by atoms with E-state index in [1.807, 2.05) is 35.3 Å². The van der Waals surface area contributed by atoms with Gasteiger partial charge in [0, 0.05) is 40.9 Å². The quantitative estimate of drug-likeness (QED) is 0.916. The van der Waals surface area contributed by atoms with Crippen molar-refractivity contribution in [1.82, 2.24) is 9.97 Å². The summed E-state index contributed by atoms with van der Waals surface area (Å²) in [5.41, 5.74) is 2.61. The van der Waals surface area contributed by atoms with Gasteiger partial charge in [-0.3, -0.25) is 0 Å². The fourth-order valence-electron chi connectivity index (χ4n) is 2.24. The molecule has 1 fully saturated rings. The first kappa shape index (κ1) is 13.9. The topological polar surface area (TPSA) is 37.8 Å². The van der Waals surface area contributed by atoms with Gasteiger partial charge in [0.25, 0.3) is 0 Å². The molecule has 0 aliphatic carbocycles. The molecular weight excluding hydrogens is 294 g/mol. The predicted octanol–water partition coefficient (Wildman–Crippen LogP) is 3.57. The molecule has 1 aromatic rings. The fraction of sp³-hybridized carbons (Fsp3) is 0.692. The number of thioether (sulfide) groups is 3. The van der Waals surface area contributed by atoms with Crippen molar-refractivity contribution in [3.63, 3.8) is 0 Å². The van der Waals surface area contributed by atoms with Crippen LogP contribution in [0.2, 0.25) is 0 Å². The van der Waals surface area contributed by atoms with Gasteiger partial charge in [-0.25, -0.2) is 9.97 Å². The summed E-state index contributed by atoms with van der Waals surface area (Å²) in [6, 6.07) is 0. The van der Waals surface area contributed by atoms with Crippen molar-refractivity contribution >= 4 is 41.1 Å². The van der Waals surface area contributed by atoms with E-state index in [2.05, 4.69) is 12.2 Å². The van der Waals surface area contributed by atoms with Gasteiger partial charge in [-0.15, -0.1) is 11.8 Å². The van der Waals surface area contributed by atoms with Crippen LogP contribution in [0.3, 0.4) is 0 Å². The smallest absolute Gasteiger partial charge is 0.144 e. The first-order valence-corrected chi connectivity index (χ1v) is 10.1. The lowest BCUT2D eigenvalue weighted by Gasteiger charge is -2.21. The van der Waals surface area contributed by atoms with E-state index < -0.39 is 0 Å². The molecule has 3 rings (SSSR count). The molecule has 0 bridgehead atoms. The standard InChI is InChI=1S/C13H19N3S3/c1-2-3-14-12-9-6-18-7-10(9)15-13(16-12)11-8-17-4-5-19-11/h11H,2-8H2,1H3,(H,14,15,16). The lowest BCUT2D eigenvalue weighted by Crippen LogP contribution is -2.14. The molecule has 1 N–H and O–H groups in total. The molecule has 3 nitrogen and oxygen atoms in total. The Balaban J connectivity index is 1.87. The van der Waals surface area contributed by atoms with Crippen LogP contribution in [-0.4, -0.2) is 33.8 Å². The number of fused-ring (bicyclic) bond motifs is 1. The maximum absolute atomic E-state index is 4.84. The number of nitrogens with zero attached hydrogens (tertiary/aromatic N) is 2. The Labute approximate surface area is 127 Å². The van der Waals surface area contributed by atoms with Crippen LogP contribution in [-0.2, 0) is 11.5 Å². The second-order valence-electron chi connectivity index (χ2n) is 4.71. The molecule has 3 heterocycles. The molecule has 0 radical (unpaired) electrons. The number of rotatable bonds is 4. The van der Waals surface area contributed by atoms with Crippen LogP contribution in [0.5, 0.6) is 0 Å². The molecule has 0 saturated carbocycles. The average Bonchev–Trinajstić information content (AvgIpc) is 2.94. The van der Waals surface area contributed by atoms with Crippen LogP contribution in [0.25, 0.3) is 0 Å². The van der Waals surface area contributed by atoms with Crippen LogP contribution in [0.4, 0.5) is 5.82 Å². The lowest BCUT2D eigenvalue weighted by molar-refractivity contribution is 0.880. The maximum Gasteiger partial charge on any atom is 0.144 e. The summed E-state index contributed by atoms with van der Waals surface area (Å²) < 4.78 is 0. The van der Waals surface area contributed by atoms with E-state index in [1.165, 1.54) is 22.8 Å². The summed E-state index contributed by atoms with van der Waals surface area (Å²) in [5, 5.41) is 3.98. The Bertz CT molecular complexity index is 447. The van der Waals surface area contributed by atoms with E-state index in [-0.39, 0.29) is 0 Å². The highest BCUT2D eigenvalue weighted by molar-refractivity contribution is 8.06. The second kappa shape index (κ2) is 6.59. The van der Waals surface area contributed by atoms with Crippen LogP contribution in [0, 0.1) is 0 Å². The molecule has 1 atom stereocenters. The van der Waals surface area contributed by atoms with Crippen LogP contribution in [0.15, 0.2) is 0 Å². The molecule has 104 valence electrons. The van der Waals surface area contributed by atoms with E-state index >= 15 is 0 Å². The first-order valence-electron chi connectivity index (χ1n) is 6.79. The highest BCUT2D eigenvalue weighted by Crippen LogP contribution is 2.38. The van der Waals surface area contributed by atoms with Crippen molar-refractivity contribution in [3.05, 3.63) is 17.1 Å². The highest BCUT2D eigenvalue weighted by atomic mass is 32.2. The molecule has 1 saturated heterocycles. The Morgan fingerprint density at radius 3 is 2.95 bits per heavy atom. The minimum atomic E-state index is 0.483. The van der Waals surface area contributed by atoms with Crippen molar-refractivity contribution in [2.24, 2.45) is 0 Å². The summed E-state index contributed by atoms with van der Waals surface area (Å²) in [6.07, 6.45) is 1.13. The second-order valence-corrected chi connectivity index (χ2v) is 8.16. The normalized spacial score (nSPS) is 22.3. The molecule has 19 heavy (non-hydrogen) atoms. The van der Waals surface area contributed by atoms with Gasteiger partial charge in [0.1, 0.15) is 11.6 Å². The van der Waals surface area contributed by atoms with E-state index in [0.717, 1.165) is 41.9 Å². The summed E-state index contributed by atoms with van der Waals surface area (Å²) in [4.78, 5) is 9.68. The number of aromatic nitrogens is 2. The summed E-state index contributed by atoms with van der Waals surface area (Å²) in [5.74, 6) is 7.92. The third-order valence-electron chi connectivity index (χ3n) is 3.24. The van der Waals surface area contributed by atoms with Gasteiger partial charge in [-0.2, -0.15) is 23.5 Å². The fourth-order valence-corrected chi connectivity index (χ4v) is 5.88. The third kappa shape index (κ3) is 3.16. The number of hydrogen-bond acceptors (Lipinski definition) is 6. The maximum atomic E-state index is 4.84. The minimum Gasteiger partial charge on any atom is -0.370 e. The molecule has 2 aliphatic rings. The molecule has 6 heteroatoms. The van der Waals surface area contributed by atoms with Crippen LogP contribution >= 0.6 is 35.3 Å². The SMILES string of the molecule is CCCNc1nc(C2CSCCS2)nc2c1CSC2. The zero-order valence-electron chi connectivity index (χ0n) is 11.1. The van der Waals surface area contributed by atoms with Gasteiger partial charge in [0.2, 0.25) is 0 Å². The number of anilines is 1. The van der Waals surface area contributed by atoms with Gasteiger partial charge in [-0.1, -0.05) is 6.92 Å². The first-order chi connectivity index (χ1) is 9.38. The Morgan fingerprint density at radius 2 is 2.16 bits per heavy atom. The highest BCUT2D eigenvalue weighted by Gasteiger charge is 2.24. The van der Waals surface area contributed by atoms with Crippen molar-refractivity contribution in [3.8, 4) is 0 Å². The molecule has 0 amide bonds. The monoisotopic (exact) mass is 313 g/mol.